The van der Waals surface area contributed by atoms with Crippen LogP contribution in [0.2, 0.25) is 0 Å². The number of esters is 1. The first kappa shape index (κ1) is 30.3. The van der Waals surface area contributed by atoms with E-state index in [2.05, 4.69) is 15.2 Å². The Hall–Kier alpha value is -2.67. The van der Waals surface area contributed by atoms with E-state index >= 15 is 0 Å². The summed E-state index contributed by atoms with van der Waals surface area (Å²) in [5.74, 6) is 0.262. The Balaban J connectivity index is 1.56. The van der Waals surface area contributed by atoms with Crippen LogP contribution < -0.4 is 15.3 Å². The number of aliphatic hydroxyl groups is 1. The van der Waals surface area contributed by atoms with Crippen molar-refractivity contribution in [1.82, 2.24) is 19.7 Å². The number of fused-ring (bicyclic) bond motifs is 1. The summed E-state index contributed by atoms with van der Waals surface area (Å²) >= 11 is 1.54. The highest BCUT2D eigenvalue weighted by molar-refractivity contribution is 7.98. The Labute approximate surface area is 237 Å². The van der Waals surface area contributed by atoms with E-state index in [0.29, 0.717) is 29.2 Å². The zero-order valence-electron chi connectivity index (χ0n) is 22.9. The average Bonchev–Trinajstić information content (AvgIpc) is 3.47. The topological polar surface area (TPSA) is 160 Å². The van der Waals surface area contributed by atoms with Gasteiger partial charge in [0.1, 0.15) is 35.3 Å². The Morgan fingerprint density at radius 2 is 2.08 bits per heavy atom. The summed E-state index contributed by atoms with van der Waals surface area (Å²) < 4.78 is 38.9. The maximum absolute atomic E-state index is 14.1. The minimum atomic E-state index is -4.15. The minimum absolute atomic E-state index is 0.171. The zero-order valence-corrected chi connectivity index (χ0v) is 24.6. The van der Waals surface area contributed by atoms with Crippen molar-refractivity contribution in [3.05, 3.63) is 54.5 Å². The molecule has 0 saturated carbocycles. The monoisotopic (exact) mass is 593 g/mol. The van der Waals surface area contributed by atoms with Gasteiger partial charge in [0.2, 0.25) is 0 Å². The molecule has 0 spiro atoms. The van der Waals surface area contributed by atoms with Gasteiger partial charge in [-0.3, -0.25) is 9.32 Å². The maximum Gasteiger partial charge on any atom is 0.459 e. The average molecular weight is 594 g/mol. The van der Waals surface area contributed by atoms with Crippen molar-refractivity contribution in [2.24, 2.45) is 5.92 Å². The molecule has 4 rings (SSSR count). The van der Waals surface area contributed by atoms with Crippen molar-refractivity contribution in [1.29, 1.82) is 0 Å². The van der Waals surface area contributed by atoms with Gasteiger partial charge in [0.05, 0.1) is 25.0 Å². The molecule has 0 aliphatic carbocycles. The summed E-state index contributed by atoms with van der Waals surface area (Å²) in [6.45, 7) is 5.29. The SMILES string of the molecule is CCOC(=O)[C@H](CCSC)NP(=O)(OC[C@H]1O[C@@](C)(c2ccc3c(N)ncnn23)[C@@H](C)[C@@H]1O)Oc1ccccc1. The number of hydrogen-bond donors (Lipinski definition) is 3. The van der Waals surface area contributed by atoms with Crippen molar-refractivity contribution >= 4 is 36.8 Å². The molecule has 1 aromatic carbocycles. The Bertz CT molecular complexity index is 1350. The van der Waals surface area contributed by atoms with Crippen molar-refractivity contribution in [2.45, 2.75) is 51.0 Å². The molecular formula is C26H36N5O7PS. The molecule has 1 saturated heterocycles. The first-order valence-electron chi connectivity index (χ1n) is 13.0. The predicted molar refractivity (Wildman–Crippen MR) is 152 cm³/mol. The third kappa shape index (κ3) is 6.45. The fraction of sp³-hybridized carbons (Fsp3) is 0.500. The number of carbonyl (C=O) groups is 1. The minimum Gasteiger partial charge on any atom is -0.465 e. The lowest BCUT2D eigenvalue weighted by Crippen LogP contribution is -2.39. The van der Waals surface area contributed by atoms with Gasteiger partial charge in [-0.05, 0) is 56.5 Å². The standard InChI is InChI=1S/C26H36N5O7PS/c1-5-35-25(33)19(13-14-40-4)30-39(34,38-18-9-7-6-8-10-18)36-15-21-23(32)17(2)26(3,37-21)22-12-11-20-24(27)28-16-29-31(20)22/h6-12,16-17,19,21,23,32H,5,13-15H2,1-4H3,(H,30,34)(H2,27,28,29)/t17-,19-,21+,23-,26+,39?/m0/s1. The molecule has 0 amide bonds. The van der Waals surface area contributed by atoms with E-state index in [1.807, 2.05) is 26.2 Å². The van der Waals surface area contributed by atoms with Crippen LogP contribution >= 0.6 is 19.5 Å². The number of nitrogen functional groups attached to an aromatic ring is 1. The van der Waals surface area contributed by atoms with Gasteiger partial charge in [-0.15, -0.1) is 0 Å². The van der Waals surface area contributed by atoms with Crippen molar-refractivity contribution in [3.8, 4) is 5.75 Å². The number of benzene rings is 1. The van der Waals surface area contributed by atoms with Gasteiger partial charge < -0.3 is 24.8 Å². The highest BCUT2D eigenvalue weighted by atomic mass is 32.2. The van der Waals surface area contributed by atoms with Gasteiger partial charge >= 0.3 is 13.7 Å². The summed E-state index contributed by atoms with van der Waals surface area (Å²) in [7, 11) is -4.15. The lowest BCUT2D eigenvalue weighted by atomic mass is 9.85. The van der Waals surface area contributed by atoms with Gasteiger partial charge in [-0.25, -0.2) is 14.1 Å². The number of thioether (sulfide) groups is 1. The number of aromatic nitrogens is 3. The highest BCUT2D eigenvalue weighted by Gasteiger charge is 2.52. The van der Waals surface area contributed by atoms with Gasteiger partial charge in [0.15, 0.2) is 5.82 Å². The van der Waals surface area contributed by atoms with E-state index in [1.165, 1.54) is 18.1 Å². The summed E-state index contributed by atoms with van der Waals surface area (Å²) in [4.78, 5) is 16.7. The molecule has 14 heteroatoms. The molecule has 40 heavy (non-hydrogen) atoms. The highest BCUT2D eigenvalue weighted by Crippen LogP contribution is 2.49. The summed E-state index contributed by atoms with van der Waals surface area (Å²) in [6.07, 6.45) is 1.76. The zero-order chi connectivity index (χ0) is 28.9. The molecule has 3 aromatic rings. The lowest BCUT2D eigenvalue weighted by molar-refractivity contribution is -0.145. The molecule has 1 fully saturated rings. The third-order valence-electron chi connectivity index (χ3n) is 7.02. The molecule has 12 nitrogen and oxygen atoms in total. The van der Waals surface area contributed by atoms with E-state index in [9.17, 15) is 14.5 Å². The summed E-state index contributed by atoms with van der Waals surface area (Å²) in [6, 6.07) is 11.2. The first-order chi connectivity index (χ1) is 19.1. The molecule has 1 aliphatic heterocycles. The van der Waals surface area contributed by atoms with Crippen LogP contribution in [-0.2, 0) is 29.0 Å². The molecule has 2 aromatic heterocycles. The summed E-state index contributed by atoms with van der Waals surface area (Å²) in [5, 5.41) is 18.2. The molecular weight excluding hydrogens is 557 g/mol. The number of ether oxygens (including phenoxy) is 2. The smallest absolute Gasteiger partial charge is 0.459 e. The van der Waals surface area contributed by atoms with Gasteiger partial charge in [-0.2, -0.15) is 21.9 Å². The molecule has 0 bridgehead atoms. The number of para-hydroxylation sites is 1. The fourth-order valence-corrected chi connectivity index (χ4v) is 6.69. The molecule has 218 valence electrons. The number of rotatable bonds is 13. The molecule has 4 N–H and O–H groups in total. The fourth-order valence-electron chi connectivity index (χ4n) is 4.68. The number of nitrogens with two attached hydrogens (primary N) is 1. The second kappa shape index (κ2) is 12.9. The van der Waals surface area contributed by atoms with Gasteiger partial charge in [0, 0.05) is 5.92 Å². The maximum atomic E-state index is 14.1. The van der Waals surface area contributed by atoms with Crippen LogP contribution in [0.3, 0.4) is 0 Å². The number of anilines is 1. The Kier molecular flexibility index (Phi) is 9.76. The lowest BCUT2D eigenvalue weighted by Gasteiger charge is -2.29. The van der Waals surface area contributed by atoms with Crippen LogP contribution in [0.4, 0.5) is 5.82 Å². The quantitative estimate of drug-likeness (QED) is 0.196. The third-order valence-corrected chi connectivity index (χ3v) is 9.23. The van der Waals surface area contributed by atoms with Crippen LogP contribution in [-0.4, -0.2) is 69.1 Å². The number of aliphatic hydroxyl groups excluding tert-OH is 1. The van der Waals surface area contributed by atoms with E-state index in [0.717, 1.165) is 0 Å². The molecule has 1 aliphatic rings. The van der Waals surface area contributed by atoms with Crippen molar-refractivity contribution < 1.29 is 33.0 Å². The first-order valence-corrected chi connectivity index (χ1v) is 15.9. The Morgan fingerprint density at radius 1 is 1.32 bits per heavy atom. The van der Waals surface area contributed by atoms with Crippen LogP contribution in [0.1, 0.15) is 32.9 Å². The van der Waals surface area contributed by atoms with Crippen LogP contribution in [0, 0.1) is 5.92 Å². The second-order valence-corrected chi connectivity index (χ2v) is 12.3. The van der Waals surface area contributed by atoms with Crippen LogP contribution in [0.15, 0.2) is 48.8 Å². The second-order valence-electron chi connectivity index (χ2n) is 9.62. The molecule has 1 unspecified atom stereocenters. The van der Waals surface area contributed by atoms with E-state index in [1.54, 1.807) is 47.8 Å². The number of nitrogens with one attached hydrogen (secondary N) is 1. The molecule has 3 heterocycles. The van der Waals surface area contributed by atoms with Crippen molar-refractivity contribution in [3.63, 3.8) is 0 Å². The molecule has 6 atom stereocenters. The summed E-state index contributed by atoms with van der Waals surface area (Å²) in [5.41, 5.74) is 6.31. The van der Waals surface area contributed by atoms with E-state index < -0.39 is 43.5 Å². The van der Waals surface area contributed by atoms with Crippen LogP contribution in [0.25, 0.3) is 5.52 Å². The largest absolute Gasteiger partial charge is 0.465 e. The number of nitrogens with zero attached hydrogens (tertiary/aromatic N) is 3. The van der Waals surface area contributed by atoms with Gasteiger partial charge in [-0.1, -0.05) is 25.1 Å². The van der Waals surface area contributed by atoms with E-state index in [-0.39, 0.29) is 19.0 Å². The van der Waals surface area contributed by atoms with E-state index in [4.69, 9.17) is 24.3 Å². The Morgan fingerprint density at radius 3 is 2.77 bits per heavy atom. The van der Waals surface area contributed by atoms with Crippen molar-refractivity contribution in [2.75, 3.05) is 31.0 Å². The number of hydrogen-bond acceptors (Lipinski definition) is 11. The molecule has 0 radical (unpaired) electrons. The van der Waals surface area contributed by atoms with Crippen LogP contribution in [0.5, 0.6) is 5.75 Å². The predicted octanol–water partition coefficient (Wildman–Crippen LogP) is 3.40. The normalized spacial score (nSPS) is 25.0. The van der Waals surface area contributed by atoms with Gasteiger partial charge in [0.25, 0.3) is 0 Å². The number of carbonyl (C=O) groups excluding carboxylic acids is 1.